The van der Waals surface area contributed by atoms with Crippen LogP contribution in [0.4, 0.5) is 0 Å². The van der Waals surface area contributed by atoms with Crippen molar-refractivity contribution in [3.63, 3.8) is 0 Å². The number of aromatic nitrogens is 4. The molecule has 1 radical (unpaired) electrons. The summed E-state index contributed by atoms with van der Waals surface area (Å²) in [5.41, 5.74) is 13.7. The Hall–Kier alpha value is -2.98. The number of hydrogen-bond donors (Lipinski definition) is 6. The van der Waals surface area contributed by atoms with Crippen LogP contribution in [0, 0.1) is 0 Å². The Morgan fingerprint density at radius 2 is 1.65 bits per heavy atom. The normalized spacial score (nSPS) is 11.9. The first-order chi connectivity index (χ1) is 14.5. The number of rotatable bonds is 9. The average molecular weight is 477 g/mol. The number of aliphatic carboxylic acids is 1. The van der Waals surface area contributed by atoms with Gasteiger partial charge in [-0.15, -0.1) is 0 Å². The van der Waals surface area contributed by atoms with E-state index in [0.717, 1.165) is 23.4 Å². The minimum absolute atomic E-state index is 0. The number of benzene rings is 1. The molecule has 0 aliphatic carbocycles. The molecule has 0 saturated carbocycles. The van der Waals surface area contributed by atoms with E-state index in [4.69, 9.17) is 11.5 Å². The summed E-state index contributed by atoms with van der Waals surface area (Å²) in [5.74, 6) is -1.59. The SMILES string of the molecule is NCCc1cnc[nH]1.N[C@@H](Cc1cnc[nH]1)C(=O)N[C@@H](Cc1ccccc1)C(=O)O.[Cu+2]. The van der Waals surface area contributed by atoms with E-state index in [1.54, 1.807) is 18.7 Å². The summed E-state index contributed by atoms with van der Waals surface area (Å²) in [5, 5.41) is 11.7. The third-order valence-electron chi connectivity index (χ3n) is 4.20. The first kappa shape index (κ1) is 26.1. The minimum Gasteiger partial charge on any atom is -0.480 e. The number of carbonyl (C=O) groups excluding carboxylic acids is 1. The molecule has 0 saturated heterocycles. The first-order valence-corrected chi connectivity index (χ1v) is 9.46. The summed E-state index contributed by atoms with van der Waals surface area (Å²) in [6, 6.07) is 7.26. The van der Waals surface area contributed by atoms with E-state index in [-0.39, 0.29) is 29.9 Å². The van der Waals surface area contributed by atoms with Crippen LogP contribution in [0.3, 0.4) is 0 Å². The van der Waals surface area contributed by atoms with Crippen LogP contribution < -0.4 is 16.8 Å². The van der Waals surface area contributed by atoms with Crippen LogP contribution in [0.25, 0.3) is 0 Å². The van der Waals surface area contributed by atoms with Gasteiger partial charge in [0, 0.05) is 43.0 Å². The van der Waals surface area contributed by atoms with E-state index in [1.807, 2.05) is 30.3 Å². The zero-order chi connectivity index (χ0) is 21.8. The number of carboxylic acid groups (broad SMARTS) is 1. The molecule has 2 heterocycles. The molecule has 0 unspecified atom stereocenters. The second-order valence-corrected chi connectivity index (χ2v) is 6.59. The molecule has 169 valence electrons. The van der Waals surface area contributed by atoms with Gasteiger partial charge in [0.25, 0.3) is 0 Å². The Morgan fingerprint density at radius 1 is 1.03 bits per heavy atom. The fourth-order valence-electron chi connectivity index (χ4n) is 2.63. The summed E-state index contributed by atoms with van der Waals surface area (Å²) in [7, 11) is 0. The van der Waals surface area contributed by atoms with E-state index < -0.39 is 24.0 Å². The molecule has 2 aromatic heterocycles. The maximum Gasteiger partial charge on any atom is 2.00 e. The van der Waals surface area contributed by atoms with Crippen LogP contribution in [0.15, 0.2) is 55.4 Å². The Labute approximate surface area is 190 Å². The van der Waals surface area contributed by atoms with Gasteiger partial charge in [-0.05, 0) is 12.1 Å². The molecule has 11 heteroatoms. The number of hydrogen-bond acceptors (Lipinski definition) is 6. The van der Waals surface area contributed by atoms with Crippen LogP contribution in [-0.4, -0.2) is 55.5 Å². The number of aromatic amines is 2. The quantitative estimate of drug-likeness (QED) is 0.235. The predicted molar refractivity (Wildman–Crippen MR) is 111 cm³/mol. The maximum absolute atomic E-state index is 12.0. The van der Waals surface area contributed by atoms with Crippen molar-refractivity contribution in [2.75, 3.05) is 6.54 Å². The van der Waals surface area contributed by atoms with Gasteiger partial charge in [-0.1, -0.05) is 30.3 Å². The molecule has 0 spiro atoms. The van der Waals surface area contributed by atoms with Gasteiger partial charge < -0.3 is 31.9 Å². The molecule has 0 bridgehead atoms. The van der Waals surface area contributed by atoms with Gasteiger partial charge in [0.05, 0.1) is 18.7 Å². The summed E-state index contributed by atoms with van der Waals surface area (Å²) >= 11 is 0. The molecule has 1 aromatic carbocycles. The first-order valence-electron chi connectivity index (χ1n) is 9.46. The van der Waals surface area contributed by atoms with Crippen molar-refractivity contribution in [1.82, 2.24) is 25.3 Å². The third-order valence-corrected chi connectivity index (χ3v) is 4.20. The Morgan fingerprint density at radius 3 is 2.16 bits per heavy atom. The van der Waals surface area contributed by atoms with Crippen LogP contribution in [-0.2, 0) is 45.9 Å². The zero-order valence-electron chi connectivity index (χ0n) is 16.8. The Bertz CT molecular complexity index is 874. The standard InChI is InChI=1S/C15H18N4O3.C5H9N3.Cu/c16-12(7-11-8-17-9-18-11)14(20)19-13(15(21)22)6-10-4-2-1-3-5-10;6-2-1-5-3-7-4-8-5;/h1-5,8-9,12-13H,6-7,16H2,(H,17,18)(H,19,20)(H,21,22);3-4H,1-2,6H2,(H,7,8);/q;;+2/t12-,13-;;/m0../s1. The summed E-state index contributed by atoms with van der Waals surface area (Å²) in [6.45, 7) is 0.683. The molecule has 10 nitrogen and oxygen atoms in total. The molecule has 0 aliphatic rings. The minimum atomic E-state index is -1.09. The van der Waals surface area contributed by atoms with Crippen molar-refractivity contribution in [1.29, 1.82) is 0 Å². The average Bonchev–Trinajstić information content (AvgIpc) is 3.43. The number of imidazole rings is 2. The van der Waals surface area contributed by atoms with Gasteiger partial charge in [0.1, 0.15) is 6.04 Å². The maximum atomic E-state index is 12.0. The Balaban J connectivity index is 0.000000450. The number of nitrogens with two attached hydrogens (primary N) is 2. The second-order valence-electron chi connectivity index (χ2n) is 6.59. The van der Waals surface area contributed by atoms with Crippen LogP contribution >= 0.6 is 0 Å². The number of carbonyl (C=O) groups is 2. The van der Waals surface area contributed by atoms with Gasteiger partial charge >= 0.3 is 23.0 Å². The zero-order valence-corrected chi connectivity index (χ0v) is 17.7. The smallest absolute Gasteiger partial charge is 0.480 e. The number of carboxylic acids is 1. The molecule has 31 heavy (non-hydrogen) atoms. The van der Waals surface area contributed by atoms with Gasteiger partial charge in [0.2, 0.25) is 5.91 Å². The predicted octanol–water partition coefficient (Wildman–Crippen LogP) is 0.00000000000000194. The van der Waals surface area contributed by atoms with Crippen molar-refractivity contribution >= 4 is 11.9 Å². The molecule has 0 fully saturated rings. The van der Waals surface area contributed by atoms with Crippen molar-refractivity contribution in [3.05, 3.63) is 72.3 Å². The molecule has 3 rings (SSSR count). The van der Waals surface area contributed by atoms with Crippen molar-refractivity contribution < 1.29 is 31.8 Å². The van der Waals surface area contributed by atoms with Crippen LogP contribution in [0.1, 0.15) is 17.0 Å². The largest absolute Gasteiger partial charge is 2.00 e. The third kappa shape index (κ3) is 9.58. The van der Waals surface area contributed by atoms with E-state index in [0.29, 0.717) is 6.54 Å². The fourth-order valence-corrected chi connectivity index (χ4v) is 2.63. The van der Waals surface area contributed by atoms with Crippen molar-refractivity contribution in [3.8, 4) is 0 Å². The van der Waals surface area contributed by atoms with Crippen LogP contribution in [0.2, 0.25) is 0 Å². The van der Waals surface area contributed by atoms with Gasteiger partial charge in [-0.2, -0.15) is 0 Å². The Kier molecular flexibility index (Phi) is 11.9. The molecule has 0 aliphatic heterocycles. The van der Waals surface area contributed by atoms with Gasteiger partial charge in [-0.25, -0.2) is 14.8 Å². The number of nitrogens with zero attached hydrogens (tertiary/aromatic N) is 2. The fraction of sp³-hybridized carbons (Fsp3) is 0.300. The number of H-pyrrole nitrogens is 2. The second kappa shape index (κ2) is 14.1. The molecular weight excluding hydrogens is 450 g/mol. The molecular formula is C20H27CuN7O3+2. The van der Waals surface area contributed by atoms with E-state index in [9.17, 15) is 14.7 Å². The van der Waals surface area contributed by atoms with Gasteiger partial charge in [0.15, 0.2) is 0 Å². The van der Waals surface area contributed by atoms with E-state index in [1.165, 1.54) is 6.33 Å². The van der Waals surface area contributed by atoms with E-state index >= 15 is 0 Å². The number of amides is 1. The van der Waals surface area contributed by atoms with Crippen molar-refractivity contribution in [2.45, 2.75) is 31.3 Å². The molecule has 3 aromatic rings. The molecule has 8 N–H and O–H groups in total. The summed E-state index contributed by atoms with van der Waals surface area (Å²) in [4.78, 5) is 36.8. The topological polar surface area (TPSA) is 176 Å². The monoisotopic (exact) mass is 476 g/mol. The summed E-state index contributed by atoms with van der Waals surface area (Å²) in [6.07, 6.45) is 7.88. The van der Waals surface area contributed by atoms with Gasteiger partial charge in [-0.3, -0.25) is 4.79 Å². The van der Waals surface area contributed by atoms with Crippen molar-refractivity contribution in [2.24, 2.45) is 11.5 Å². The van der Waals surface area contributed by atoms with Crippen LogP contribution in [0.5, 0.6) is 0 Å². The molecule has 2 atom stereocenters. The summed E-state index contributed by atoms with van der Waals surface area (Å²) < 4.78 is 0. The number of nitrogens with one attached hydrogen (secondary N) is 3. The molecule has 1 amide bonds. The van der Waals surface area contributed by atoms with E-state index in [2.05, 4.69) is 25.3 Å².